The number of amides is 1. The Labute approximate surface area is 100 Å². The van der Waals surface area contributed by atoms with Crippen LogP contribution in [0.4, 0.5) is 4.39 Å². The van der Waals surface area contributed by atoms with Crippen molar-refractivity contribution in [3.63, 3.8) is 0 Å². The molecule has 1 aliphatic heterocycles. The summed E-state index contributed by atoms with van der Waals surface area (Å²) in [6, 6.07) is 4.35. The molecule has 0 aromatic heterocycles. The lowest BCUT2D eigenvalue weighted by Crippen LogP contribution is -2.36. The molecule has 1 amide bonds. The molecule has 17 heavy (non-hydrogen) atoms. The highest BCUT2D eigenvalue weighted by atomic mass is 19.1. The van der Waals surface area contributed by atoms with Crippen molar-refractivity contribution in [3.8, 4) is 5.75 Å². The third-order valence-electron chi connectivity index (χ3n) is 3.05. The molecule has 3 nitrogen and oxygen atoms in total. The standard InChI is InChI=1S/C13H16FNO2/c1-17-10-5-6-11(12(14)9-10)13(16)15-7-3-2-4-8-15/h5-6,9H,2-4,7-8H2,1H3. The lowest BCUT2D eigenvalue weighted by molar-refractivity contribution is 0.0719. The van der Waals surface area contributed by atoms with Crippen LogP contribution in [0.1, 0.15) is 29.6 Å². The molecule has 0 bridgehead atoms. The van der Waals surface area contributed by atoms with E-state index in [1.807, 2.05) is 0 Å². The van der Waals surface area contributed by atoms with Crippen LogP contribution in [0.25, 0.3) is 0 Å². The molecule has 92 valence electrons. The maximum Gasteiger partial charge on any atom is 0.256 e. The molecule has 1 aliphatic rings. The van der Waals surface area contributed by atoms with E-state index < -0.39 is 5.82 Å². The van der Waals surface area contributed by atoms with Gasteiger partial charge in [0.15, 0.2) is 0 Å². The monoisotopic (exact) mass is 237 g/mol. The van der Waals surface area contributed by atoms with Crippen molar-refractivity contribution in [1.29, 1.82) is 0 Å². The minimum absolute atomic E-state index is 0.132. The summed E-state index contributed by atoms with van der Waals surface area (Å²) in [7, 11) is 1.47. The van der Waals surface area contributed by atoms with E-state index in [1.165, 1.54) is 19.2 Å². The summed E-state index contributed by atoms with van der Waals surface area (Å²) in [4.78, 5) is 13.8. The van der Waals surface area contributed by atoms with E-state index in [-0.39, 0.29) is 11.5 Å². The van der Waals surface area contributed by atoms with Crippen molar-refractivity contribution >= 4 is 5.91 Å². The minimum Gasteiger partial charge on any atom is -0.497 e. The maximum atomic E-state index is 13.7. The number of hydrogen-bond acceptors (Lipinski definition) is 2. The normalized spacial score (nSPS) is 15.8. The number of carbonyl (C=O) groups is 1. The smallest absolute Gasteiger partial charge is 0.256 e. The Morgan fingerprint density at radius 3 is 2.59 bits per heavy atom. The highest BCUT2D eigenvalue weighted by Crippen LogP contribution is 2.19. The molecule has 1 heterocycles. The van der Waals surface area contributed by atoms with E-state index in [4.69, 9.17) is 4.74 Å². The van der Waals surface area contributed by atoms with Gasteiger partial charge in [0.25, 0.3) is 5.91 Å². The van der Waals surface area contributed by atoms with Crippen LogP contribution in [0.5, 0.6) is 5.75 Å². The summed E-state index contributed by atoms with van der Waals surface area (Å²) in [6.07, 6.45) is 3.15. The first kappa shape index (κ1) is 11.9. The highest BCUT2D eigenvalue weighted by molar-refractivity contribution is 5.94. The van der Waals surface area contributed by atoms with Crippen LogP contribution in [0.15, 0.2) is 18.2 Å². The number of benzene rings is 1. The van der Waals surface area contributed by atoms with Crippen molar-refractivity contribution in [3.05, 3.63) is 29.6 Å². The second kappa shape index (κ2) is 5.17. The number of rotatable bonds is 2. The number of carbonyl (C=O) groups excluding carboxylic acids is 1. The zero-order chi connectivity index (χ0) is 12.3. The SMILES string of the molecule is COc1ccc(C(=O)N2CCCCC2)c(F)c1. The van der Waals surface area contributed by atoms with Crippen molar-refractivity contribution in [2.45, 2.75) is 19.3 Å². The van der Waals surface area contributed by atoms with E-state index in [9.17, 15) is 9.18 Å². The Bertz CT molecular complexity index is 414. The summed E-state index contributed by atoms with van der Waals surface area (Å²) in [6.45, 7) is 1.45. The molecular formula is C13H16FNO2. The summed E-state index contributed by atoms with van der Waals surface area (Å²) < 4.78 is 18.6. The molecule has 0 N–H and O–H groups in total. The van der Waals surface area contributed by atoms with Crippen molar-refractivity contribution in [1.82, 2.24) is 4.90 Å². The topological polar surface area (TPSA) is 29.5 Å². The summed E-state index contributed by atoms with van der Waals surface area (Å²) >= 11 is 0. The summed E-state index contributed by atoms with van der Waals surface area (Å²) in [5.74, 6) is -0.303. The summed E-state index contributed by atoms with van der Waals surface area (Å²) in [5.41, 5.74) is 0.132. The lowest BCUT2D eigenvalue weighted by atomic mass is 10.1. The van der Waals surface area contributed by atoms with Gasteiger partial charge in [0.2, 0.25) is 0 Å². The van der Waals surface area contributed by atoms with Gasteiger partial charge in [0.05, 0.1) is 12.7 Å². The van der Waals surface area contributed by atoms with Crippen LogP contribution >= 0.6 is 0 Å². The second-order valence-corrected chi connectivity index (χ2v) is 4.20. The van der Waals surface area contributed by atoms with Gasteiger partial charge in [0.1, 0.15) is 11.6 Å². The predicted molar refractivity (Wildman–Crippen MR) is 62.7 cm³/mol. The maximum absolute atomic E-state index is 13.7. The van der Waals surface area contributed by atoms with E-state index >= 15 is 0 Å². The van der Waals surface area contributed by atoms with Crippen LogP contribution in [0, 0.1) is 5.82 Å². The number of halogens is 1. The van der Waals surface area contributed by atoms with Crippen molar-refractivity contribution < 1.29 is 13.9 Å². The molecule has 1 aromatic rings. The number of likely N-dealkylation sites (tertiary alicyclic amines) is 1. The fourth-order valence-electron chi connectivity index (χ4n) is 2.06. The third kappa shape index (κ3) is 2.57. The van der Waals surface area contributed by atoms with Crippen LogP contribution in [-0.4, -0.2) is 31.0 Å². The number of piperidine rings is 1. The Morgan fingerprint density at radius 1 is 1.29 bits per heavy atom. The Hall–Kier alpha value is -1.58. The van der Waals surface area contributed by atoms with Gasteiger partial charge in [-0.05, 0) is 31.4 Å². The average molecular weight is 237 g/mol. The van der Waals surface area contributed by atoms with Gasteiger partial charge in [-0.2, -0.15) is 0 Å². The van der Waals surface area contributed by atoms with Crippen LogP contribution in [0.3, 0.4) is 0 Å². The van der Waals surface area contributed by atoms with Crippen molar-refractivity contribution in [2.75, 3.05) is 20.2 Å². The van der Waals surface area contributed by atoms with Crippen LogP contribution in [-0.2, 0) is 0 Å². The van der Waals surface area contributed by atoms with Gasteiger partial charge in [-0.25, -0.2) is 4.39 Å². The van der Waals surface area contributed by atoms with E-state index in [1.54, 1.807) is 11.0 Å². The molecule has 1 fully saturated rings. The molecule has 0 spiro atoms. The van der Waals surface area contributed by atoms with Gasteiger partial charge in [0, 0.05) is 19.2 Å². The van der Waals surface area contributed by atoms with E-state index in [0.717, 1.165) is 32.4 Å². The molecule has 0 radical (unpaired) electrons. The van der Waals surface area contributed by atoms with Gasteiger partial charge in [-0.1, -0.05) is 0 Å². The number of hydrogen-bond donors (Lipinski definition) is 0. The fourth-order valence-corrected chi connectivity index (χ4v) is 2.06. The Balaban J connectivity index is 2.18. The van der Waals surface area contributed by atoms with Crippen LogP contribution in [0.2, 0.25) is 0 Å². The quantitative estimate of drug-likeness (QED) is 0.790. The molecule has 0 aliphatic carbocycles. The van der Waals surface area contributed by atoms with Crippen molar-refractivity contribution in [2.24, 2.45) is 0 Å². The van der Waals surface area contributed by atoms with E-state index in [0.29, 0.717) is 5.75 Å². The first-order valence-electron chi connectivity index (χ1n) is 5.85. The molecule has 0 unspecified atom stereocenters. The first-order valence-corrected chi connectivity index (χ1v) is 5.85. The van der Waals surface area contributed by atoms with Gasteiger partial charge < -0.3 is 9.64 Å². The third-order valence-corrected chi connectivity index (χ3v) is 3.05. The van der Waals surface area contributed by atoms with Gasteiger partial charge >= 0.3 is 0 Å². The van der Waals surface area contributed by atoms with Crippen LogP contribution < -0.4 is 4.74 Å². The molecule has 1 saturated heterocycles. The molecule has 4 heteroatoms. The molecule has 1 aromatic carbocycles. The fraction of sp³-hybridized carbons (Fsp3) is 0.462. The van der Waals surface area contributed by atoms with Gasteiger partial charge in [-0.3, -0.25) is 4.79 Å². The number of nitrogens with zero attached hydrogens (tertiary/aromatic N) is 1. The summed E-state index contributed by atoms with van der Waals surface area (Å²) in [5, 5.41) is 0. The zero-order valence-electron chi connectivity index (χ0n) is 9.91. The molecular weight excluding hydrogens is 221 g/mol. The lowest BCUT2D eigenvalue weighted by Gasteiger charge is -2.26. The van der Waals surface area contributed by atoms with Gasteiger partial charge in [-0.15, -0.1) is 0 Å². The molecule has 0 saturated carbocycles. The Kier molecular flexibility index (Phi) is 3.61. The molecule has 2 rings (SSSR count). The predicted octanol–water partition coefficient (Wildman–Crippen LogP) is 2.46. The largest absolute Gasteiger partial charge is 0.497 e. The minimum atomic E-state index is -0.514. The number of methoxy groups -OCH3 is 1. The second-order valence-electron chi connectivity index (χ2n) is 4.20. The first-order chi connectivity index (χ1) is 8.22. The average Bonchev–Trinajstić information content (AvgIpc) is 2.39. The number of ether oxygens (including phenoxy) is 1. The Morgan fingerprint density at radius 2 is 2.00 bits per heavy atom. The highest BCUT2D eigenvalue weighted by Gasteiger charge is 2.21. The molecule has 0 atom stereocenters. The van der Waals surface area contributed by atoms with E-state index in [2.05, 4.69) is 0 Å². The zero-order valence-corrected chi connectivity index (χ0v) is 9.91.